The van der Waals surface area contributed by atoms with Crippen molar-refractivity contribution in [1.29, 1.82) is 0 Å². The van der Waals surface area contributed by atoms with Crippen LogP contribution in [0.15, 0.2) is 0 Å². The lowest BCUT2D eigenvalue weighted by Crippen LogP contribution is -2.52. The van der Waals surface area contributed by atoms with Crippen LogP contribution in [0.4, 0.5) is 0 Å². The Morgan fingerprint density at radius 3 is 2.17 bits per heavy atom. The average molecular weight is 335 g/mol. The highest BCUT2D eigenvalue weighted by Gasteiger charge is 2.41. The van der Waals surface area contributed by atoms with E-state index >= 15 is 0 Å². The summed E-state index contributed by atoms with van der Waals surface area (Å²) in [4.78, 5) is 26.7. The number of fused-ring (bicyclic) bond motifs is 2. The Morgan fingerprint density at radius 2 is 1.62 bits per heavy atom. The smallest absolute Gasteiger partial charge is 0.225 e. The summed E-state index contributed by atoms with van der Waals surface area (Å²) in [5.41, 5.74) is 6.33. The fourth-order valence-corrected chi connectivity index (χ4v) is 4.93. The molecule has 1 aliphatic heterocycles. The summed E-state index contributed by atoms with van der Waals surface area (Å²) in [6.07, 6.45) is 7.35. The molecule has 5 heteroatoms. The molecule has 3 rings (SSSR count). The minimum absolute atomic E-state index is 0.0574. The number of nitrogens with two attached hydrogens (primary N) is 1. The normalized spacial score (nSPS) is 34.2. The molecule has 136 valence electrons. The van der Waals surface area contributed by atoms with E-state index in [1.54, 1.807) is 0 Å². The van der Waals surface area contributed by atoms with Gasteiger partial charge in [-0.05, 0) is 50.4 Å². The van der Waals surface area contributed by atoms with Gasteiger partial charge in [0.05, 0.1) is 0 Å². The van der Waals surface area contributed by atoms with Crippen molar-refractivity contribution >= 4 is 11.8 Å². The molecule has 2 atom stereocenters. The van der Waals surface area contributed by atoms with Gasteiger partial charge >= 0.3 is 0 Å². The van der Waals surface area contributed by atoms with Crippen LogP contribution in [0, 0.1) is 23.7 Å². The van der Waals surface area contributed by atoms with Crippen LogP contribution < -0.4 is 11.1 Å². The van der Waals surface area contributed by atoms with Crippen molar-refractivity contribution in [3.05, 3.63) is 0 Å². The lowest BCUT2D eigenvalue weighted by atomic mass is 9.65. The Kier molecular flexibility index (Phi) is 5.48. The van der Waals surface area contributed by atoms with Gasteiger partial charge in [-0.25, -0.2) is 0 Å². The molecule has 0 spiro atoms. The van der Waals surface area contributed by atoms with E-state index in [1.165, 1.54) is 19.3 Å². The zero-order valence-corrected chi connectivity index (χ0v) is 15.2. The molecular formula is C19H33N3O2. The summed E-state index contributed by atoms with van der Waals surface area (Å²) >= 11 is 0. The van der Waals surface area contributed by atoms with Crippen LogP contribution >= 0.6 is 0 Å². The number of likely N-dealkylation sites (tertiary alicyclic amines) is 1. The van der Waals surface area contributed by atoms with E-state index in [-0.39, 0.29) is 29.7 Å². The molecule has 24 heavy (non-hydrogen) atoms. The molecule has 0 radical (unpaired) electrons. The maximum Gasteiger partial charge on any atom is 0.225 e. The number of nitrogens with one attached hydrogen (secondary N) is 1. The Labute approximate surface area is 145 Å². The van der Waals surface area contributed by atoms with Crippen molar-refractivity contribution in [3.8, 4) is 0 Å². The largest absolute Gasteiger partial charge is 0.353 e. The molecule has 3 N–H and O–H groups in total. The van der Waals surface area contributed by atoms with Crippen LogP contribution in [0.3, 0.4) is 0 Å². The molecule has 2 amide bonds. The first-order valence-corrected chi connectivity index (χ1v) is 9.80. The Balaban J connectivity index is 1.47. The predicted octanol–water partition coefficient (Wildman–Crippen LogP) is 1.90. The van der Waals surface area contributed by atoms with Gasteiger partial charge in [0.25, 0.3) is 0 Å². The van der Waals surface area contributed by atoms with Crippen LogP contribution in [-0.2, 0) is 9.59 Å². The first-order valence-electron chi connectivity index (χ1n) is 9.80. The molecule has 2 aliphatic carbocycles. The second-order valence-electron chi connectivity index (χ2n) is 8.46. The van der Waals surface area contributed by atoms with Gasteiger partial charge in [0.2, 0.25) is 11.8 Å². The van der Waals surface area contributed by atoms with Crippen molar-refractivity contribution < 1.29 is 9.59 Å². The number of piperidine rings is 1. The first kappa shape index (κ1) is 17.7. The van der Waals surface area contributed by atoms with Crippen LogP contribution in [-0.4, -0.2) is 41.9 Å². The van der Waals surface area contributed by atoms with Gasteiger partial charge in [-0.2, -0.15) is 0 Å². The van der Waals surface area contributed by atoms with E-state index in [1.807, 2.05) is 18.7 Å². The highest BCUT2D eigenvalue weighted by molar-refractivity contribution is 5.79. The zero-order chi connectivity index (χ0) is 17.3. The molecule has 2 unspecified atom stereocenters. The molecule has 5 nitrogen and oxygen atoms in total. The number of hydrogen-bond acceptors (Lipinski definition) is 3. The highest BCUT2D eigenvalue weighted by Crippen LogP contribution is 2.41. The molecule has 1 heterocycles. The molecule has 2 saturated carbocycles. The predicted molar refractivity (Wildman–Crippen MR) is 94.1 cm³/mol. The Bertz CT molecular complexity index is 457. The Morgan fingerprint density at radius 1 is 1.04 bits per heavy atom. The van der Waals surface area contributed by atoms with Gasteiger partial charge in [-0.3, -0.25) is 9.59 Å². The second kappa shape index (κ2) is 7.42. The fourth-order valence-electron chi connectivity index (χ4n) is 4.93. The van der Waals surface area contributed by atoms with Gasteiger partial charge in [0.1, 0.15) is 0 Å². The van der Waals surface area contributed by atoms with Gasteiger partial charge in [0.15, 0.2) is 0 Å². The highest BCUT2D eigenvalue weighted by atomic mass is 16.2. The summed E-state index contributed by atoms with van der Waals surface area (Å²) in [7, 11) is 0. The maximum atomic E-state index is 12.7. The van der Waals surface area contributed by atoms with Crippen molar-refractivity contribution in [2.75, 3.05) is 13.1 Å². The van der Waals surface area contributed by atoms with E-state index in [9.17, 15) is 9.59 Å². The third-order valence-corrected chi connectivity index (χ3v) is 6.43. The van der Waals surface area contributed by atoms with Gasteiger partial charge in [-0.15, -0.1) is 0 Å². The van der Waals surface area contributed by atoms with E-state index in [4.69, 9.17) is 5.73 Å². The molecule has 0 aromatic rings. The summed E-state index contributed by atoms with van der Waals surface area (Å²) in [5, 5.41) is 3.26. The van der Waals surface area contributed by atoms with Crippen LogP contribution in [0.1, 0.15) is 58.8 Å². The molecule has 0 aromatic carbocycles. The van der Waals surface area contributed by atoms with Gasteiger partial charge < -0.3 is 16.0 Å². The quantitative estimate of drug-likeness (QED) is 0.827. The number of carbonyl (C=O) groups is 2. The van der Waals surface area contributed by atoms with E-state index in [0.717, 1.165) is 38.8 Å². The summed E-state index contributed by atoms with van der Waals surface area (Å²) in [6, 6.07) is 0.539. The number of amides is 2. The van der Waals surface area contributed by atoms with Crippen molar-refractivity contribution in [2.45, 2.75) is 70.9 Å². The standard InChI is InChI=1S/C19H33N3O2/c1-12(2)19(24)22-8-6-16(7-9-22)21-18(23)15-10-13-4-3-5-14(11-15)17(13)20/h12-17H,3-11,20H2,1-2H3,(H,21,23). The third-order valence-electron chi connectivity index (χ3n) is 6.43. The minimum atomic E-state index is 0.0574. The topological polar surface area (TPSA) is 75.4 Å². The summed E-state index contributed by atoms with van der Waals surface area (Å²) in [5.74, 6) is 1.75. The summed E-state index contributed by atoms with van der Waals surface area (Å²) in [6.45, 7) is 5.42. The lowest BCUT2D eigenvalue weighted by Gasteiger charge is -2.44. The number of hydrogen-bond donors (Lipinski definition) is 2. The monoisotopic (exact) mass is 335 g/mol. The zero-order valence-electron chi connectivity index (χ0n) is 15.2. The van der Waals surface area contributed by atoms with Crippen LogP contribution in [0.25, 0.3) is 0 Å². The maximum absolute atomic E-state index is 12.7. The Hall–Kier alpha value is -1.10. The fraction of sp³-hybridized carbons (Fsp3) is 0.895. The first-order chi connectivity index (χ1) is 11.5. The van der Waals surface area contributed by atoms with Crippen molar-refractivity contribution in [1.82, 2.24) is 10.2 Å². The number of rotatable bonds is 3. The van der Waals surface area contributed by atoms with E-state index in [2.05, 4.69) is 5.32 Å². The molecule has 2 bridgehead atoms. The molecule has 3 fully saturated rings. The molecule has 0 aromatic heterocycles. The van der Waals surface area contributed by atoms with E-state index in [0.29, 0.717) is 17.9 Å². The average Bonchev–Trinajstić information content (AvgIpc) is 2.54. The van der Waals surface area contributed by atoms with Gasteiger partial charge in [0, 0.05) is 37.0 Å². The molecular weight excluding hydrogens is 302 g/mol. The molecule has 1 saturated heterocycles. The molecule has 3 aliphatic rings. The number of carbonyl (C=O) groups excluding carboxylic acids is 2. The SMILES string of the molecule is CC(C)C(=O)N1CCC(NC(=O)C2CC3CCCC(C2)C3N)CC1. The van der Waals surface area contributed by atoms with Crippen LogP contribution in [0.2, 0.25) is 0 Å². The van der Waals surface area contributed by atoms with Gasteiger partial charge in [-0.1, -0.05) is 20.3 Å². The van der Waals surface area contributed by atoms with Crippen LogP contribution in [0.5, 0.6) is 0 Å². The minimum Gasteiger partial charge on any atom is -0.353 e. The summed E-state index contributed by atoms with van der Waals surface area (Å²) < 4.78 is 0. The number of nitrogens with zero attached hydrogens (tertiary/aromatic N) is 1. The van der Waals surface area contributed by atoms with Crippen molar-refractivity contribution in [3.63, 3.8) is 0 Å². The van der Waals surface area contributed by atoms with E-state index < -0.39 is 0 Å². The lowest BCUT2D eigenvalue weighted by molar-refractivity contribution is -0.135. The third kappa shape index (κ3) is 3.76. The van der Waals surface area contributed by atoms with Crippen molar-refractivity contribution in [2.24, 2.45) is 29.4 Å². The second-order valence-corrected chi connectivity index (χ2v) is 8.46.